The van der Waals surface area contributed by atoms with Crippen molar-refractivity contribution in [3.8, 4) is 0 Å². The van der Waals surface area contributed by atoms with Crippen molar-refractivity contribution in [2.45, 2.75) is 20.3 Å². The molecule has 1 heterocycles. The Morgan fingerprint density at radius 1 is 1.16 bits per heavy atom. The van der Waals surface area contributed by atoms with E-state index >= 15 is 0 Å². The number of hydrogen-bond donors (Lipinski definition) is 1. The molecule has 0 aromatic heterocycles. The smallest absolute Gasteiger partial charge is 0.325 e. The van der Waals surface area contributed by atoms with Crippen LogP contribution in [0, 0.1) is 11.8 Å². The van der Waals surface area contributed by atoms with Gasteiger partial charge in [0.1, 0.15) is 6.54 Å². The Labute approximate surface area is 156 Å². The number of esters is 1. The van der Waals surface area contributed by atoms with E-state index in [1.54, 1.807) is 29.2 Å². The number of amides is 2. The fourth-order valence-electron chi connectivity index (χ4n) is 3.01. The number of piperidine rings is 1. The van der Waals surface area contributed by atoms with Gasteiger partial charge in [-0.25, -0.2) is 0 Å². The van der Waals surface area contributed by atoms with Crippen LogP contribution in [0.5, 0.6) is 0 Å². The van der Waals surface area contributed by atoms with Crippen molar-refractivity contribution < 1.29 is 19.1 Å². The summed E-state index contributed by atoms with van der Waals surface area (Å²) >= 11 is 3.29. The lowest BCUT2D eigenvalue weighted by Gasteiger charge is -2.34. The summed E-state index contributed by atoms with van der Waals surface area (Å²) in [5.41, 5.74) is 0.448. The number of ether oxygens (including phenoxy) is 1. The van der Waals surface area contributed by atoms with Crippen LogP contribution in [0.4, 0.5) is 0 Å². The monoisotopic (exact) mass is 410 g/mol. The molecule has 1 aliphatic rings. The minimum absolute atomic E-state index is 0.189. The van der Waals surface area contributed by atoms with Gasteiger partial charge in [0.2, 0.25) is 0 Å². The first-order chi connectivity index (χ1) is 11.8. The summed E-state index contributed by atoms with van der Waals surface area (Å²) in [6, 6.07) is 6.78. The summed E-state index contributed by atoms with van der Waals surface area (Å²) in [6.07, 6.45) is 1.10. The summed E-state index contributed by atoms with van der Waals surface area (Å²) in [5.74, 6) is -0.278. The predicted octanol–water partition coefficient (Wildman–Crippen LogP) is 2.23. The third kappa shape index (κ3) is 6.16. The normalized spacial score (nSPS) is 20.0. The van der Waals surface area contributed by atoms with E-state index in [0.717, 1.165) is 10.9 Å². The van der Waals surface area contributed by atoms with Crippen molar-refractivity contribution in [2.75, 3.05) is 26.2 Å². The predicted molar refractivity (Wildman–Crippen MR) is 97.0 cm³/mol. The molecule has 1 aromatic rings. The number of nitrogens with zero attached hydrogens (tertiary/aromatic N) is 1. The fourth-order valence-corrected chi connectivity index (χ4v) is 3.27. The number of carbonyl (C=O) groups excluding carboxylic acids is 3. The van der Waals surface area contributed by atoms with Crippen LogP contribution < -0.4 is 5.32 Å². The molecule has 0 radical (unpaired) electrons. The lowest BCUT2D eigenvalue weighted by molar-refractivity contribution is -0.152. The van der Waals surface area contributed by atoms with Crippen LogP contribution >= 0.6 is 15.9 Å². The number of nitrogens with one attached hydrogen (secondary N) is 1. The molecule has 0 unspecified atom stereocenters. The van der Waals surface area contributed by atoms with Gasteiger partial charge in [0.05, 0.1) is 0 Å². The minimum Gasteiger partial charge on any atom is -0.454 e. The largest absolute Gasteiger partial charge is 0.454 e. The number of halogens is 1. The second-order valence-electron chi connectivity index (χ2n) is 6.60. The Kier molecular flexibility index (Phi) is 6.99. The molecular formula is C18H23BrN2O4. The lowest BCUT2D eigenvalue weighted by atomic mass is 9.92. The molecule has 1 N–H and O–H groups in total. The van der Waals surface area contributed by atoms with E-state index in [0.29, 0.717) is 30.5 Å². The fraction of sp³-hybridized carbons (Fsp3) is 0.500. The van der Waals surface area contributed by atoms with Gasteiger partial charge in [-0.1, -0.05) is 29.8 Å². The van der Waals surface area contributed by atoms with Gasteiger partial charge in [-0.05, 0) is 42.5 Å². The zero-order valence-electron chi connectivity index (χ0n) is 14.5. The van der Waals surface area contributed by atoms with Crippen LogP contribution in [-0.4, -0.2) is 48.9 Å². The van der Waals surface area contributed by atoms with Crippen LogP contribution in [0.15, 0.2) is 28.7 Å². The number of rotatable bonds is 5. The van der Waals surface area contributed by atoms with Gasteiger partial charge in [0.15, 0.2) is 6.61 Å². The standard InChI is InChI=1S/C18H23BrN2O4/c1-12-7-13(2)10-21(9-12)16(22)11-25-17(23)8-20-18(24)14-3-5-15(19)6-4-14/h3-6,12-13H,7-11H2,1-2H3,(H,20,24)/t12-,13+. The van der Waals surface area contributed by atoms with Crippen molar-refractivity contribution >= 4 is 33.7 Å². The van der Waals surface area contributed by atoms with Crippen LogP contribution in [0.25, 0.3) is 0 Å². The van der Waals surface area contributed by atoms with Crippen molar-refractivity contribution in [1.29, 1.82) is 0 Å². The number of carbonyl (C=O) groups is 3. The summed E-state index contributed by atoms with van der Waals surface area (Å²) in [4.78, 5) is 37.5. The molecule has 136 valence electrons. The molecule has 1 saturated heterocycles. The van der Waals surface area contributed by atoms with E-state index in [4.69, 9.17) is 4.74 Å². The highest BCUT2D eigenvalue weighted by Gasteiger charge is 2.25. The van der Waals surface area contributed by atoms with Gasteiger partial charge in [0, 0.05) is 23.1 Å². The second kappa shape index (κ2) is 8.99. The lowest BCUT2D eigenvalue weighted by Crippen LogP contribution is -2.44. The van der Waals surface area contributed by atoms with Gasteiger partial charge in [-0.3, -0.25) is 14.4 Å². The topological polar surface area (TPSA) is 75.7 Å². The van der Waals surface area contributed by atoms with Crippen LogP contribution in [-0.2, 0) is 14.3 Å². The molecule has 0 spiro atoms. The molecule has 6 nitrogen and oxygen atoms in total. The van der Waals surface area contributed by atoms with Crippen LogP contribution in [0.3, 0.4) is 0 Å². The van der Waals surface area contributed by atoms with Crippen molar-refractivity contribution in [2.24, 2.45) is 11.8 Å². The molecule has 2 atom stereocenters. The Hall–Kier alpha value is -1.89. The zero-order valence-corrected chi connectivity index (χ0v) is 16.0. The van der Waals surface area contributed by atoms with Gasteiger partial charge in [-0.15, -0.1) is 0 Å². The van der Waals surface area contributed by atoms with E-state index in [1.807, 2.05) is 0 Å². The van der Waals surface area contributed by atoms with E-state index in [1.165, 1.54) is 0 Å². The van der Waals surface area contributed by atoms with Crippen molar-refractivity contribution in [1.82, 2.24) is 10.2 Å². The highest BCUT2D eigenvalue weighted by atomic mass is 79.9. The molecule has 7 heteroatoms. The third-order valence-corrected chi connectivity index (χ3v) is 4.61. The SMILES string of the molecule is C[C@@H]1C[C@H](C)CN(C(=O)COC(=O)CNC(=O)c2ccc(Br)cc2)C1. The number of likely N-dealkylation sites (tertiary alicyclic amines) is 1. The Morgan fingerprint density at radius 3 is 2.36 bits per heavy atom. The highest BCUT2D eigenvalue weighted by Crippen LogP contribution is 2.20. The third-order valence-electron chi connectivity index (χ3n) is 4.08. The first kappa shape index (κ1) is 19.4. The first-order valence-electron chi connectivity index (χ1n) is 8.32. The molecule has 2 amide bonds. The summed E-state index contributed by atoms with van der Waals surface area (Å²) < 4.78 is 5.84. The molecule has 25 heavy (non-hydrogen) atoms. The molecule has 1 aromatic carbocycles. The molecule has 0 saturated carbocycles. The molecule has 0 bridgehead atoms. The molecule has 1 fully saturated rings. The van der Waals surface area contributed by atoms with Crippen molar-refractivity contribution in [3.05, 3.63) is 34.3 Å². The quantitative estimate of drug-likeness (QED) is 0.755. The van der Waals surface area contributed by atoms with Gasteiger partial charge >= 0.3 is 5.97 Å². The van der Waals surface area contributed by atoms with Crippen LogP contribution in [0.1, 0.15) is 30.6 Å². The average molecular weight is 411 g/mol. The summed E-state index contributed by atoms with van der Waals surface area (Å²) in [5, 5.41) is 2.48. The minimum atomic E-state index is -0.628. The molecule has 1 aliphatic heterocycles. The van der Waals surface area contributed by atoms with Gasteiger partial charge < -0.3 is 15.0 Å². The molecule has 0 aliphatic carbocycles. The zero-order chi connectivity index (χ0) is 18.4. The van der Waals surface area contributed by atoms with E-state index < -0.39 is 5.97 Å². The Bertz CT molecular complexity index is 622. The van der Waals surface area contributed by atoms with Gasteiger partial charge in [0.25, 0.3) is 11.8 Å². The highest BCUT2D eigenvalue weighted by molar-refractivity contribution is 9.10. The van der Waals surface area contributed by atoms with Gasteiger partial charge in [-0.2, -0.15) is 0 Å². The maximum Gasteiger partial charge on any atom is 0.325 e. The van der Waals surface area contributed by atoms with E-state index in [9.17, 15) is 14.4 Å². The summed E-state index contributed by atoms with van der Waals surface area (Å²) in [6.45, 7) is 5.06. The maximum atomic E-state index is 12.1. The van der Waals surface area contributed by atoms with Crippen molar-refractivity contribution in [3.63, 3.8) is 0 Å². The van der Waals surface area contributed by atoms with E-state index in [-0.39, 0.29) is 25.0 Å². The maximum absolute atomic E-state index is 12.1. The summed E-state index contributed by atoms with van der Waals surface area (Å²) in [7, 11) is 0. The molecule has 2 rings (SSSR count). The average Bonchev–Trinajstić information content (AvgIpc) is 2.57. The first-order valence-corrected chi connectivity index (χ1v) is 9.11. The van der Waals surface area contributed by atoms with E-state index in [2.05, 4.69) is 35.1 Å². The Balaban J connectivity index is 1.72. The van der Waals surface area contributed by atoms with Crippen LogP contribution in [0.2, 0.25) is 0 Å². The molecular weight excluding hydrogens is 388 g/mol. The number of hydrogen-bond acceptors (Lipinski definition) is 4. The second-order valence-corrected chi connectivity index (χ2v) is 7.51. The number of benzene rings is 1. The Morgan fingerprint density at radius 2 is 1.76 bits per heavy atom.